The van der Waals surface area contributed by atoms with E-state index < -0.39 is 0 Å². The molecule has 0 spiro atoms. The van der Waals surface area contributed by atoms with Crippen molar-refractivity contribution in [3.05, 3.63) is 29.8 Å². The van der Waals surface area contributed by atoms with Crippen molar-refractivity contribution in [3.63, 3.8) is 0 Å². The number of amides is 1. The van der Waals surface area contributed by atoms with Gasteiger partial charge in [0.05, 0.1) is 13.0 Å². The molecule has 1 saturated heterocycles. The van der Waals surface area contributed by atoms with Crippen LogP contribution in [0.3, 0.4) is 0 Å². The Bertz CT molecular complexity index is 476. The molecular formula is C18H29ClN2O2. The molecule has 0 bridgehead atoms. The molecule has 1 aliphatic heterocycles. The predicted octanol–water partition coefficient (Wildman–Crippen LogP) is 3.03. The van der Waals surface area contributed by atoms with E-state index in [2.05, 4.69) is 13.8 Å². The number of benzene rings is 1. The van der Waals surface area contributed by atoms with E-state index in [1.54, 1.807) is 0 Å². The van der Waals surface area contributed by atoms with Crippen LogP contribution in [-0.2, 0) is 11.2 Å². The van der Waals surface area contributed by atoms with E-state index in [0.29, 0.717) is 25.5 Å². The summed E-state index contributed by atoms with van der Waals surface area (Å²) in [6.45, 7) is 6.37. The van der Waals surface area contributed by atoms with Gasteiger partial charge >= 0.3 is 0 Å². The summed E-state index contributed by atoms with van der Waals surface area (Å²) in [6.07, 6.45) is 3.74. The summed E-state index contributed by atoms with van der Waals surface area (Å²) in [7, 11) is 0. The van der Waals surface area contributed by atoms with Crippen LogP contribution < -0.4 is 10.5 Å². The van der Waals surface area contributed by atoms with Crippen LogP contribution in [-0.4, -0.2) is 36.5 Å². The van der Waals surface area contributed by atoms with Crippen molar-refractivity contribution in [2.75, 3.05) is 19.7 Å². The first-order chi connectivity index (χ1) is 10.6. The quantitative estimate of drug-likeness (QED) is 0.866. The fourth-order valence-electron chi connectivity index (χ4n) is 2.82. The van der Waals surface area contributed by atoms with Crippen LogP contribution >= 0.6 is 12.4 Å². The smallest absolute Gasteiger partial charge is 0.227 e. The molecule has 1 aliphatic rings. The van der Waals surface area contributed by atoms with Gasteiger partial charge in [-0.2, -0.15) is 0 Å². The molecule has 1 fully saturated rings. The zero-order valence-corrected chi connectivity index (χ0v) is 15.0. The normalized spacial score (nSPS) is 17.7. The molecule has 2 rings (SSSR count). The van der Waals surface area contributed by atoms with Crippen molar-refractivity contribution in [2.45, 2.75) is 45.6 Å². The summed E-state index contributed by atoms with van der Waals surface area (Å²) in [5, 5.41) is 0. The van der Waals surface area contributed by atoms with E-state index in [1.165, 1.54) is 6.42 Å². The Labute approximate surface area is 145 Å². The molecule has 1 aromatic rings. The number of nitrogens with two attached hydrogens (primary N) is 1. The molecule has 0 aromatic heterocycles. The second kappa shape index (κ2) is 9.78. The van der Waals surface area contributed by atoms with Crippen molar-refractivity contribution >= 4 is 18.3 Å². The second-order valence-corrected chi connectivity index (χ2v) is 6.50. The lowest BCUT2D eigenvalue weighted by Gasteiger charge is -2.35. The number of carbonyl (C=O) groups is 1. The number of ether oxygens (including phenoxy) is 1. The third kappa shape index (κ3) is 6.04. The van der Waals surface area contributed by atoms with Gasteiger partial charge < -0.3 is 15.4 Å². The lowest BCUT2D eigenvalue weighted by Crippen LogP contribution is -2.48. The minimum Gasteiger partial charge on any atom is -0.493 e. The fourth-order valence-corrected chi connectivity index (χ4v) is 2.82. The zero-order chi connectivity index (χ0) is 15.9. The highest BCUT2D eigenvalue weighted by Crippen LogP contribution is 2.19. The summed E-state index contributed by atoms with van der Waals surface area (Å²) >= 11 is 0. The molecule has 130 valence electrons. The number of carbonyl (C=O) groups excluding carboxylic acids is 1. The van der Waals surface area contributed by atoms with Crippen LogP contribution in [0.4, 0.5) is 0 Å². The van der Waals surface area contributed by atoms with E-state index >= 15 is 0 Å². The Morgan fingerprint density at radius 1 is 1.30 bits per heavy atom. The number of halogens is 1. The number of rotatable bonds is 6. The van der Waals surface area contributed by atoms with Crippen molar-refractivity contribution in [1.82, 2.24) is 4.90 Å². The maximum absolute atomic E-state index is 12.5. The van der Waals surface area contributed by atoms with Crippen molar-refractivity contribution in [3.8, 4) is 5.75 Å². The standard InChI is InChI=1S/C18H28N2O2.ClH/c1-14(2)13-22-17-8-6-15(7-9-17)11-18(21)20-10-4-3-5-16(20)12-19;/h6-9,14,16H,3-5,10-13,19H2,1-2H3;1H. The number of likely N-dealkylation sites (tertiary alicyclic amines) is 1. The highest BCUT2D eigenvalue weighted by molar-refractivity contribution is 5.85. The van der Waals surface area contributed by atoms with E-state index in [-0.39, 0.29) is 24.4 Å². The third-order valence-corrected chi connectivity index (χ3v) is 4.08. The Hall–Kier alpha value is -1.26. The molecule has 1 aromatic carbocycles. The van der Waals surface area contributed by atoms with Crippen LogP contribution in [0.1, 0.15) is 38.7 Å². The van der Waals surface area contributed by atoms with Gasteiger partial charge in [0.25, 0.3) is 0 Å². The fraction of sp³-hybridized carbons (Fsp3) is 0.611. The largest absolute Gasteiger partial charge is 0.493 e. The van der Waals surface area contributed by atoms with E-state index in [1.807, 2.05) is 29.2 Å². The molecule has 2 N–H and O–H groups in total. The maximum atomic E-state index is 12.5. The predicted molar refractivity (Wildman–Crippen MR) is 96.1 cm³/mol. The van der Waals surface area contributed by atoms with Crippen molar-refractivity contribution < 1.29 is 9.53 Å². The van der Waals surface area contributed by atoms with Crippen LogP contribution in [0.25, 0.3) is 0 Å². The van der Waals surface area contributed by atoms with Gasteiger partial charge in [-0.25, -0.2) is 0 Å². The van der Waals surface area contributed by atoms with Crippen molar-refractivity contribution in [2.24, 2.45) is 11.7 Å². The lowest BCUT2D eigenvalue weighted by molar-refractivity contribution is -0.133. The van der Waals surface area contributed by atoms with E-state index in [0.717, 1.165) is 30.7 Å². The first kappa shape index (κ1) is 19.8. The minimum absolute atomic E-state index is 0. The Balaban J connectivity index is 0.00000264. The van der Waals surface area contributed by atoms with Gasteiger partial charge in [-0.1, -0.05) is 26.0 Å². The third-order valence-electron chi connectivity index (χ3n) is 4.08. The highest BCUT2D eigenvalue weighted by Gasteiger charge is 2.25. The van der Waals surface area contributed by atoms with Gasteiger partial charge in [-0.15, -0.1) is 12.4 Å². The molecule has 1 atom stereocenters. The van der Waals surface area contributed by atoms with Gasteiger partial charge in [0, 0.05) is 19.1 Å². The van der Waals surface area contributed by atoms with Gasteiger partial charge in [-0.3, -0.25) is 4.79 Å². The molecule has 0 radical (unpaired) electrons. The minimum atomic E-state index is 0. The average Bonchev–Trinajstić information content (AvgIpc) is 2.54. The SMILES string of the molecule is CC(C)COc1ccc(CC(=O)N2CCCCC2CN)cc1.Cl. The van der Waals surface area contributed by atoms with Crippen LogP contribution in [0.15, 0.2) is 24.3 Å². The number of nitrogens with zero attached hydrogens (tertiary/aromatic N) is 1. The molecule has 1 amide bonds. The number of hydrogen-bond acceptors (Lipinski definition) is 3. The van der Waals surface area contributed by atoms with Gasteiger partial charge in [0.2, 0.25) is 5.91 Å². The Kier molecular flexibility index (Phi) is 8.42. The molecule has 23 heavy (non-hydrogen) atoms. The molecule has 0 saturated carbocycles. The lowest BCUT2D eigenvalue weighted by atomic mass is 10.0. The van der Waals surface area contributed by atoms with Crippen molar-refractivity contribution in [1.29, 1.82) is 0 Å². The topological polar surface area (TPSA) is 55.6 Å². The zero-order valence-electron chi connectivity index (χ0n) is 14.2. The Morgan fingerprint density at radius 3 is 2.61 bits per heavy atom. The molecule has 0 aliphatic carbocycles. The molecule has 4 nitrogen and oxygen atoms in total. The summed E-state index contributed by atoms with van der Waals surface area (Å²) in [4.78, 5) is 14.4. The van der Waals surface area contributed by atoms with Gasteiger partial charge in [-0.05, 0) is 42.9 Å². The first-order valence-electron chi connectivity index (χ1n) is 8.31. The molecule has 5 heteroatoms. The maximum Gasteiger partial charge on any atom is 0.227 e. The number of hydrogen-bond donors (Lipinski definition) is 1. The second-order valence-electron chi connectivity index (χ2n) is 6.50. The van der Waals surface area contributed by atoms with E-state index in [9.17, 15) is 4.79 Å². The summed E-state index contributed by atoms with van der Waals surface area (Å²) in [5.74, 6) is 1.56. The number of piperidine rings is 1. The average molecular weight is 341 g/mol. The summed E-state index contributed by atoms with van der Waals surface area (Å²) in [5.41, 5.74) is 6.82. The van der Waals surface area contributed by atoms with Gasteiger partial charge in [0.1, 0.15) is 5.75 Å². The highest BCUT2D eigenvalue weighted by atomic mass is 35.5. The summed E-state index contributed by atoms with van der Waals surface area (Å²) < 4.78 is 5.67. The monoisotopic (exact) mass is 340 g/mol. The van der Waals surface area contributed by atoms with Gasteiger partial charge in [0.15, 0.2) is 0 Å². The molecular weight excluding hydrogens is 312 g/mol. The van der Waals surface area contributed by atoms with Crippen LogP contribution in [0.2, 0.25) is 0 Å². The van der Waals surface area contributed by atoms with Crippen LogP contribution in [0, 0.1) is 5.92 Å². The Morgan fingerprint density at radius 2 is 2.00 bits per heavy atom. The van der Waals surface area contributed by atoms with Crippen LogP contribution in [0.5, 0.6) is 5.75 Å². The first-order valence-corrected chi connectivity index (χ1v) is 8.31. The molecule has 1 unspecified atom stereocenters. The van der Waals surface area contributed by atoms with E-state index in [4.69, 9.17) is 10.5 Å². The summed E-state index contributed by atoms with van der Waals surface area (Å²) in [6, 6.07) is 8.07. The molecule has 1 heterocycles.